The third-order valence-corrected chi connectivity index (χ3v) is 7.56. The average Bonchev–Trinajstić information content (AvgIpc) is 3.35. The van der Waals surface area contributed by atoms with Crippen molar-refractivity contribution >= 4 is 15.9 Å². The Morgan fingerprint density at radius 2 is 1.69 bits per heavy atom. The normalized spacial score (nSPS) is 14.4. The molecule has 32 heavy (non-hydrogen) atoms. The molecule has 1 aliphatic rings. The molecule has 2 heterocycles. The smallest absolute Gasteiger partial charge is 0.251 e. The van der Waals surface area contributed by atoms with Crippen LogP contribution in [0.3, 0.4) is 0 Å². The van der Waals surface area contributed by atoms with Gasteiger partial charge in [-0.1, -0.05) is 35.9 Å². The van der Waals surface area contributed by atoms with Crippen molar-refractivity contribution in [1.29, 1.82) is 0 Å². The molecule has 1 aliphatic heterocycles. The maximum Gasteiger partial charge on any atom is 0.251 e. The van der Waals surface area contributed by atoms with Gasteiger partial charge in [0.25, 0.3) is 5.91 Å². The van der Waals surface area contributed by atoms with Gasteiger partial charge in [-0.25, -0.2) is 8.42 Å². The maximum absolute atomic E-state index is 13.2. The minimum Gasteiger partial charge on any atom is -0.348 e. The van der Waals surface area contributed by atoms with Gasteiger partial charge in [-0.3, -0.25) is 9.78 Å². The number of aryl methyl sites for hydroxylation is 2. The number of sulfonamides is 1. The monoisotopic (exact) mass is 449 g/mol. The molecule has 1 saturated heterocycles. The van der Waals surface area contributed by atoms with Crippen LogP contribution in [0.15, 0.2) is 65.7 Å². The van der Waals surface area contributed by atoms with Gasteiger partial charge in [0.2, 0.25) is 10.0 Å². The van der Waals surface area contributed by atoms with E-state index < -0.39 is 10.0 Å². The lowest BCUT2D eigenvalue weighted by Gasteiger charge is -2.17. The number of rotatable bonds is 6. The van der Waals surface area contributed by atoms with Crippen LogP contribution in [0.2, 0.25) is 0 Å². The molecule has 3 aromatic rings. The van der Waals surface area contributed by atoms with Crippen LogP contribution < -0.4 is 5.32 Å². The Hall–Kier alpha value is -3.03. The van der Waals surface area contributed by atoms with E-state index in [2.05, 4.69) is 10.3 Å². The summed E-state index contributed by atoms with van der Waals surface area (Å²) in [5.41, 5.74) is 4.78. The Labute approximate surface area is 189 Å². The molecule has 2 aromatic carbocycles. The summed E-state index contributed by atoms with van der Waals surface area (Å²) < 4.78 is 28.0. The number of hydrogen-bond donors (Lipinski definition) is 1. The lowest BCUT2D eigenvalue weighted by atomic mass is 10.0. The molecule has 0 spiro atoms. The van der Waals surface area contributed by atoms with Gasteiger partial charge in [-0.05, 0) is 67.6 Å². The Bertz CT molecular complexity index is 1210. The zero-order valence-electron chi connectivity index (χ0n) is 18.3. The van der Waals surface area contributed by atoms with E-state index in [0.29, 0.717) is 30.8 Å². The highest BCUT2D eigenvalue weighted by Crippen LogP contribution is 2.28. The molecular weight excluding hydrogens is 422 g/mol. The van der Waals surface area contributed by atoms with Gasteiger partial charge in [0, 0.05) is 37.1 Å². The summed E-state index contributed by atoms with van der Waals surface area (Å²) in [5.74, 6) is -0.322. The molecule has 0 aliphatic carbocycles. The van der Waals surface area contributed by atoms with Crippen molar-refractivity contribution in [3.8, 4) is 11.1 Å². The zero-order chi connectivity index (χ0) is 22.7. The summed E-state index contributed by atoms with van der Waals surface area (Å²) in [6.07, 6.45) is 3.44. The van der Waals surface area contributed by atoms with Crippen molar-refractivity contribution in [2.45, 2.75) is 38.1 Å². The molecule has 1 fully saturated rings. The van der Waals surface area contributed by atoms with Crippen LogP contribution >= 0.6 is 0 Å². The number of aromatic nitrogens is 1. The molecule has 1 N–H and O–H groups in total. The van der Waals surface area contributed by atoms with E-state index in [9.17, 15) is 13.2 Å². The minimum atomic E-state index is -3.66. The highest BCUT2D eigenvalue weighted by Gasteiger charge is 2.28. The van der Waals surface area contributed by atoms with Crippen LogP contribution in [0.4, 0.5) is 0 Å². The Morgan fingerprint density at radius 3 is 2.34 bits per heavy atom. The summed E-state index contributed by atoms with van der Waals surface area (Å²) in [4.78, 5) is 17.4. The number of carbonyl (C=O) groups is 1. The lowest BCUT2D eigenvalue weighted by Crippen LogP contribution is -2.28. The van der Waals surface area contributed by atoms with Gasteiger partial charge >= 0.3 is 0 Å². The number of amides is 1. The second-order valence-electron chi connectivity index (χ2n) is 8.21. The fourth-order valence-electron chi connectivity index (χ4n) is 3.76. The second kappa shape index (κ2) is 9.22. The van der Waals surface area contributed by atoms with Gasteiger partial charge in [0.05, 0.1) is 4.90 Å². The van der Waals surface area contributed by atoms with Gasteiger partial charge in [0.15, 0.2) is 0 Å². The predicted molar refractivity (Wildman–Crippen MR) is 125 cm³/mol. The summed E-state index contributed by atoms with van der Waals surface area (Å²) in [7, 11) is -3.66. The van der Waals surface area contributed by atoms with Crippen molar-refractivity contribution < 1.29 is 13.2 Å². The third kappa shape index (κ3) is 4.89. The Balaban J connectivity index is 1.68. The summed E-state index contributed by atoms with van der Waals surface area (Å²) >= 11 is 0. The summed E-state index contributed by atoms with van der Waals surface area (Å²) in [6.45, 7) is 5.24. The molecule has 0 saturated carbocycles. The van der Waals surface area contributed by atoms with Crippen molar-refractivity contribution in [3.63, 3.8) is 0 Å². The SMILES string of the molecule is Cc1ccc(-c2cc(C(=O)NCc3ccc(C)nc3)cc(S(=O)(=O)N3CCCC3)c2)cc1. The van der Waals surface area contributed by atoms with E-state index in [4.69, 9.17) is 0 Å². The zero-order valence-corrected chi connectivity index (χ0v) is 19.2. The van der Waals surface area contributed by atoms with Crippen molar-refractivity contribution in [2.24, 2.45) is 0 Å². The molecule has 7 heteroatoms. The molecule has 1 amide bonds. The Kier molecular flexibility index (Phi) is 6.39. The number of benzene rings is 2. The number of nitrogens with zero attached hydrogens (tertiary/aromatic N) is 2. The first-order valence-corrected chi connectivity index (χ1v) is 12.2. The topological polar surface area (TPSA) is 79.4 Å². The second-order valence-corrected chi connectivity index (χ2v) is 10.2. The van der Waals surface area contributed by atoms with Crippen molar-refractivity contribution in [2.75, 3.05) is 13.1 Å². The van der Waals surface area contributed by atoms with Crippen LogP contribution in [-0.4, -0.2) is 36.7 Å². The fourth-order valence-corrected chi connectivity index (χ4v) is 5.35. The van der Waals surface area contributed by atoms with E-state index in [0.717, 1.165) is 35.2 Å². The average molecular weight is 450 g/mol. The predicted octanol–water partition coefficient (Wildman–Crippen LogP) is 4.08. The van der Waals surface area contributed by atoms with E-state index in [1.807, 2.05) is 50.2 Å². The van der Waals surface area contributed by atoms with E-state index in [1.54, 1.807) is 18.3 Å². The largest absolute Gasteiger partial charge is 0.348 e. The standard InChI is InChI=1S/C25H27N3O3S/c1-18-5-9-21(10-6-18)22-13-23(25(29)27-17-20-8-7-19(2)26-16-20)15-24(14-22)32(30,31)28-11-3-4-12-28/h5-10,13-16H,3-4,11-12,17H2,1-2H3,(H,27,29). The number of carbonyl (C=O) groups excluding carboxylic acids is 1. The fraction of sp³-hybridized carbons (Fsp3) is 0.280. The van der Waals surface area contributed by atoms with Crippen LogP contribution in [0, 0.1) is 13.8 Å². The van der Waals surface area contributed by atoms with Gasteiger partial charge in [0.1, 0.15) is 0 Å². The van der Waals surface area contributed by atoms with Gasteiger partial charge in [-0.2, -0.15) is 4.31 Å². The van der Waals surface area contributed by atoms with Crippen LogP contribution in [0.1, 0.15) is 40.0 Å². The maximum atomic E-state index is 13.2. The highest BCUT2D eigenvalue weighted by atomic mass is 32.2. The van der Waals surface area contributed by atoms with Crippen molar-refractivity contribution in [3.05, 3.63) is 83.2 Å². The molecule has 1 aromatic heterocycles. The quantitative estimate of drug-likeness (QED) is 0.615. The van der Waals surface area contributed by atoms with Gasteiger partial charge in [-0.15, -0.1) is 0 Å². The van der Waals surface area contributed by atoms with E-state index in [1.165, 1.54) is 10.4 Å². The molecule has 0 atom stereocenters. The number of nitrogens with one attached hydrogen (secondary N) is 1. The third-order valence-electron chi connectivity index (χ3n) is 5.68. The minimum absolute atomic E-state index is 0.152. The van der Waals surface area contributed by atoms with Crippen LogP contribution in [0.25, 0.3) is 11.1 Å². The van der Waals surface area contributed by atoms with Gasteiger partial charge < -0.3 is 5.32 Å². The number of hydrogen-bond acceptors (Lipinski definition) is 4. The van der Waals surface area contributed by atoms with E-state index in [-0.39, 0.29) is 10.8 Å². The van der Waals surface area contributed by atoms with E-state index >= 15 is 0 Å². The molecular formula is C25H27N3O3S. The number of pyridine rings is 1. The molecule has 4 rings (SSSR count). The Morgan fingerprint density at radius 1 is 0.969 bits per heavy atom. The first kappa shape index (κ1) is 22.2. The lowest BCUT2D eigenvalue weighted by molar-refractivity contribution is 0.0950. The molecule has 166 valence electrons. The van der Waals surface area contributed by atoms with Crippen LogP contribution in [0.5, 0.6) is 0 Å². The molecule has 6 nitrogen and oxygen atoms in total. The first-order valence-electron chi connectivity index (χ1n) is 10.7. The summed E-state index contributed by atoms with van der Waals surface area (Å²) in [5, 5.41) is 2.88. The molecule has 0 radical (unpaired) electrons. The molecule has 0 unspecified atom stereocenters. The summed E-state index contributed by atoms with van der Waals surface area (Å²) in [6, 6.07) is 16.5. The first-order chi connectivity index (χ1) is 15.3. The molecule has 0 bridgehead atoms. The highest BCUT2D eigenvalue weighted by molar-refractivity contribution is 7.89. The van der Waals surface area contributed by atoms with Crippen LogP contribution in [-0.2, 0) is 16.6 Å². The van der Waals surface area contributed by atoms with Crippen molar-refractivity contribution in [1.82, 2.24) is 14.6 Å².